The number of fused-ring (bicyclic) bond motifs is 2. The van der Waals surface area contributed by atoms with Crippen LogP contribution in [0.5, 0.6) is 0 Å². The summed E-state index contributed by atoms with van der Waals surface area (Å²) in [5.41, 5.74) is 3.53. The second kappa shape index (κ2) is 6.37. The highest BCUT2D eigenvalue weighted by atomic mass is 35.5. The standard InChI is InChI=1S/C20H22ClN3O3/c1-11-6-12(2)8-13(7-11)10-22-17-18(25)24-14(19(26)27-3)9-20(4-5-20)15(24)16(21)23-17/h6-8,14H,4-5,9-10H2,1-3H3,(H,22,23)/t14-/m0/s1. The third-order valence-electron chi connectivity index (χ3n) is 5.53. The van der Waals surface area contributed by atoms with Crippen LogP contribution in [-0.4, -0.2) is 22.6 Å². The molecule has 142 valence electrons. The van der Waals surface area contributed by atoms with E-state index in [1.54, 1.807) is 0 Å². The lowest BCUT2D eigenvalue weighted by Crippen LogP contribution is -2.31. The lowest BCUT2D eigenvalue weighted by atomic mass is 9.99. The molecule has 1 atom stereocenters. The molecule has 1 N–H and O–H groups in total. The van der Waals surface area contributed by atoms with Crippen molar-refractivity contribution >= 4 is 23.4 Å². The number of hydrogen-bond acceptors (Lipinski definition) is 5. The predicted octanol–water partition coefficient (Wildman–Crippen LogP) is 3.28. The van der Waals surface area contributed by atoms with Gasteiger partial charge in [-0.2, -0.15) is 0 Å². The zero-order valence-electron chi connectivity index (χ0n) is 15.6. The van der Waals surface area contributed by atoms with Crippen molar-refractivity contribution in [3.8, 4) is 0 Å². The summed E-state index contributed by atoms with van der Waals surface area (Å²) in [4.78, 5) is 29.7. The van der Waals surface area contributed by atoms with Crippen LogP contribution in [0.3, 0.4) is 0 Å². The van der Waals surface area contributed by atoms with E-state index in [1.807, 2.05) is 13.8 Å². The number of hydrogen-bond donors (Lipinski definition) is 1. The zero-order valence-corrected chi connectivity index (χ0v) is 16.4. The molecule has 2 aromatic rings. The molecule has 1 saturated carbocycles. The molecule has 2 heterocycles. The Morgan fingerprint density at radius 1 is 1.33 bits per heavy atom. The van der Waals surface area contributed by atoms with Crippen molar-refractivity contribution in [2.24, 2.45) is 0 Å². The minimum Gasteiger partial charge on any atom is -0.467 e. The van der Waals surface area contributed by atoms with Gasteiger partial charge in [-0.3, -0.25) is 9.36 Å². The number of methoxy groups -OCH3 is 1. The van der Waals surface area contributed by atoms with Gasteiger partial charge >= 0.3 is 5.97 Å². The van der Waals surface area contributed by atoms with Gasteiger partial charge in [-0.25, -0.2) is 9.78 Å². The van der Waals surface area contributed by atoms with Crippen molar-refractivity contribution in [1.29, 1.82) is 0 Å². The maximum atomic E-state index is 13.1. The molecule has 2 aliphatic rings. The van der Waals surface area contributed by atoms with Crippen LogP contribution in [0.25, 0.3) is 0 Å². The lowest BCUT2D eigenvalue weighted by Gasteiger charge is -2.15. The number of anilines is 1. The van der Waals surface area contributed by atoms with Crippen molar-refractivity contribution in [2.45, 2.75) is 51.1 Å². The highest BCUT2D eigenvalue weighted by Gasteiger charge is 2.56. The maximum absolute atomic E-state index is 13.1. The van der Waals surface area contributed by atoms with Crippen LogP contribution in [0.4, 0.5) is 5.82 Å². The van der Waals surface area contributed by atoms with Gasteiger partial charge in [-0.1, -0.05) is 40.9 Å². The van der Waals surface area contributed by atoms with Gasteiger partial charge in [0.2, 0.25) is 0 Å². The molecule has 1 aliphatic carbocycles. The van der Waals surface area contributed by atoms with E-state index in [4.69, 9.17) is 16.3 Å². The third kappa shape index (κ3) is 3.02. The summed E-state index contributed by atoms with van der Waals surface area (Å²) in [5.74, 6) is -0.251. The van der Waals surface area contributed by atoms with Gasteiger partial charge in [-0.05, 0) is 38.7 Å². The van der Waals surface area contributed by atoms with E-state index in [-0.39, 0.29) is 16.8 Å². The molecule has 0 saturated heterocycles. The van der Waals surface area contributed by atoms with E-state index in [0.29, 0.717) is 23.8 Å². The second-order valence-corrected chi connectivity index (χ2v) is 8.01. The average molecular weight is 388 g/mol. The molecule has 0 radical (unpaired) electrons. The number of esters is 1. The molecule has 27 heavy (non-hydrogen) atoms. The third-order valence-corrected chi connectivity index (χ3v) is 5.80. The highest BCUT2D eigenvalue weighted by molar-refractivity contribution is 6.30. The van der Waals surface area contributed by atoms with Crippen molar-refractivity contribution in [1.82, 2.24) is 9.55 Å². The first-order valence-electron chi connectivity index (χ1n) is 9.06. The molecule has 1 aliphatic heterocycles. The number of carbonyl (C=O) groups excluding carboxylic acids is 1. The smallest absolute Gasteiger partial charge is 0.329 e. The summed E-state index contributed by atoms with van der Waals surface area (Å²) < 4.78 is 6.42. The van der Waals surface area contributed by atoms with E-state index in [2.05, 4.69) is 28.5 Å². The van der Waals surface area contributed by atoms with Crippen LogP contribution in [0, 0.1) is 13.8 Å². The molecule has 1 fully saturated rings. The summed E-state index contributed by atoms with van der Waals surface area (Å²) in [6.45, 7) is 4.52. The number of halogens is 1. The van der Waals surface area contributed by atoms with E-state index >= 15 is 0 Å². The van der Waals surface area contributed by atoms with Crippen molar-refractivity contribution < 1.29 is 9.53 Å². The Morgan fingerprint density at radius 3 is 2.59 bits per heavy atom. The normalized spacial score (nSPS) is 19.0. The van der Waals surface area contributed by atoms with Crippen LogP contribution in [0.15, 0.2) is 23.0 Å². The van der Waals surface area contributed by atoms with E-state index in [0.717, 1.165) is 29.5 Å². The fourth-order valence-corrected chi connectivity index (χ4v) is 4.61. The Balaban J connectivity index is 1.71. The van der Waals surface area contributed by atoms with E-state index < -0.39 is 12.0 Å². The number of carbonyl (C=O) groups is 1. The Labute approximate surface area is 162 Å². The fourth-order valence-electron chi connectivity index (χ4n) is 4.23. The Morgan fingerprint density at radius 2 is 2.00 bits per heavy atom. The summed E-state index contributed by atoms with van der Waals surface area (Å²) in [6.07, 6.45) is 2.38. The number of benzene rings is 1. The van der Waals surface area contributed by atoms with Gasteiger partial charge in [-0.15, -0.1) is 0 Å². The number of nitrogens with one attached hydrogen (secondary N) is 1. The molecule has 7 heteroatoms. The summed E-state index contributed by atoms with van der Waals surface area (Å²) in [6, 6.07) is 5.58. The van der Waals surface area contributed by atoms with Crippen LogP contribution in [0.1, 0.15) is 47.7 Å². The number of ether oxygens (including phenoxy) is 1. The maximum Gasteiger partial charge on any atom is 0.329 e. The second-order valence-electron chi connectivity index (χ2n) is 7.65. The summed E-state index contributed by atoms with van der Waals surface area (Å²) in [7, 11) is 1.34. The highest BCUT2D eigenvalue weighted by Crippen LogP contribution is 2.59. The van der Waals surface area contributed by atoms with Crippen molar-refractivity contribution in [2.75, 3.05) is 12.4 Å². The minimum absolute atomic E-state index is 0.162. The minimum atomic E-state index is -0.637. The predicted molar refractivity (Wildman–Crippen MR) is 103 cm³/mol. The zero-order chi connectivity index (χ0) is 19.3. The van der Waals surface area contributed by atoms with Crippen LogP contribution < -0.4 is 10.9 Å². The van der Waals surface area contributed by atoms with Gasteiger partial charge in [0.25, 0.3) is 5.56 Å². The van der Waals surface area contributed by atoms with Gasteiger partial charge in [0.1, 0.15) is 6.04 Å². The van der Waals surface area contributed by atoms with Gasteiger partial charge in [0, 0.05) is 12.0 Å². The lowest BCUT2D eigenvalue weighted by molar-refractivity contribution is -0.144. The summed E-state index contributed by atoms with van der Waals surface area (Å²) >= 11 is 6.45. The van der Waals surface area contributed by atoms with E-state index in [9.17, 15) is 9.59 Å². The molecule has 1 aromatic heterocycles. The summed E-state index contributed by atoms with van der Waals surface area (Å²) in [5, 5.41) is 3.39. The largest absolute Gasteiger partial charge is 0.467 e. The number of rotatable bonds is 4. The number of aryl methyl sites for hydroxylation is 2. The average Bonchev–Trinajstić information content (AvgIpc) is 3.29. The first-order valence-corrected chi connectivity index (χ1v) is 9.44. The van der Waals surface area contributed by atoms with Crippen molar-refractivity contribution in [3.63, 3.8) is 0 Å². The van der Waals surface area contributed by atoms with Gasteiger partial charge in [0.05, 0.1) is 12.8 Å². The fraction of sp³-hybridized carbons (Fsp3) is 0.450. The molecule has 1 spiro atoms. The Kier molecular flexibility index (Phi) is 4.26. The number of aromatic nitrogens is 2. The van der Waals surface area contributed by atoms with Crippen LogP contribution in [0.2, 0.25) is 5.15 Å². The molecular formula is C20H22ClN3O3. The quantitative estimate of drug-likeness (QED) is 0.815. The SMILES string of the molecule is COC(=O)[C@@H]1CC2(CC2)c2c(Cl)nc(NCc3cc(C)cc(C)c3)c(=O)n21. The molecule has 1 aromatic carbocycles. The van der Waals surface area contributed by atoms with Crippen molar-refractivity contribution in [3.05, 3.63) is 56.1 Å². The topological polar surface area (TPSA) is 73.2 Å². The molecule has 0 unspecified atom stereocenters. The van der Waals surface area contributed by atoms with Crippen LogP contribution in [-0.2, 0) is 21.5 Å². The first-order chi connectivity index (χ1) is 12.8. The number of nitrogens with zero attached hydrogens (tertiary/aromatic N) is 2. The van der Waals surface area contributed by atoms with E-state index in [1.165, 1.54) is 11.7 Å². The molecule has 0 amide bonds. The monoisotopic (exact) mass is 387 g/mol. The molecule has 4 rings (SSSR count). The van der Waals surface area contributed by atoms with Crippen LogP contribution >= 0.6 is 11.6 Å². The van der Waals surface area contributed by atoms with Gasteiger partial charge in [0.15, 0.2) is 11.0 Å². The Hall–Kier alpha value is -2.34. The first kappa shape index (κ1) is 18.0. The Bertz CT molecular complexity index is 974. The molecular weight excluding hydrogens is 366 g/mol. The molecule has 6 nitrogen and oxygen atoms in total. The molecule has 0 bridgehead atoms. The van der Waals surface area contributed by atoms with Gasteiger partial charge < -0.3 is 10.1 Å².